The maximum Gasteiger partial charge on any atom is 0.135 e. The largest absolute Gasteiger partial charge is 0.375 e. The van der Waals surface area contributed by atoms with Gasteiger partial charge in [-0.25, -0.2) is 0 Å². The first-order chi connectivity index (χ1) is 8.11. The fraction of sp³-hybridized carbons (Fsp3) is 0.933. The molecular formula is C15H26O2. The van der Waals surface area contributed by atoms with Crippen molar-refractivity contribution in [1.29, 1.82) is 0 Å². The van der Waals surface area contributed by atoms with E-state index in [0.717, 1.165) is 31.8 Å². The minimum atomic E-state index is 0.204. The van der Waals surface area contributed by atoms with Crippen molar-refractivity contribution in [3.05, 3.63) is 0 Å². The summed E-state index contributed by atoms with van der Waals surface area (Å²) in [5.41, 5.74) is 0.212. The fourth-order valence-electron chi connectivity index (χ4n) is 3.38. The van der Waals surface area contributed by atoms with Gasteiger partial charge in [0.1, 0.15) is 5.78 Å². The Morgan fingerprint density at radius 2 is 2.06 bits per heavy atom. The molecule has 0 aromatic carbocycles. The first-order valence-corrected chi connectivity index (χ1v) is 7.28. The van der Waals surface area contributed by atoms with Gasteiger partial charge in [-0.05, 0) is 38.0 Å². The van der Waals surface area contributed by atoms with Crippen LogP contribution in [0.4, 0.5) is 0 Å². The minimum Gasteiger partial charge on any atom is -0.375 e. The summed E-state index contributed by atoms with van der Waals surface area (Å²) >= 11 is 0. The van der Waals surface area contributed by atoms with Crippen LogP contribution in [0.2, 0.25) is 0 Å². The second-order valence-electron chi connectivity index (χ2n) is 6.26. The fourth-order valence-corrected chi connectivity index (χ4v) is 3.38. The van der Waals surface area contributed by atoms with Gasteiger partial charge in [0.25, 0.3) is 0 Å². The van der Waals surface area contributed by atoms with E-state index in [0.29, 0.717) is 5.78 Å². The predicted molar refractivity (Wildman–Crippen MR) is 69.0 cm³/mol. The first kappa shape index (κ1) is 13.1. The summed E-state index contributed by atoms with van der Waals surface area (Å²) in [6.07, 6.45) is 9.39. The highest BCUT2D eigenvalue weighted by atomic mass is 16.5. The Bertz CT molecular complexity index is 264. The summed E-state index contributed by atoms with van der Waals surface area (Å²) in [5, 5.41) is 0. The van der Waals surface area contributed by atoms with Gasteiger partial charge < -0.3 is 4.74 Å². The molecule has 0 radical (unpaired) electrons. The average molecular weight is 238 g/mol. The quantitative estimate of drug-likeness (QED) is 0.746. The molecule has 2 nitrogen and oxygen atoms in total. The maximum absolute atomic E-state index is 11.7. The van der Waals surface area contributed by atoms with Crippen molar-refractivity contribution < 1.29 is 9.53 Å². The molecule has 2 heteroatoms. The average Bonchev–Trinajstić information content (AvgIpc) is 2.74. The second kappa shape index (κ2) is 5.51. The smallest absolute Gasteiger partial charge is 0.135 e. The van der Waals surface area contributed by atoms with E-state index < -0.39 is 0 Å². The highest BCUT2D eigenvalue weighted by Crippen LogP contribution is 2.43. The zero-order chi connectivity index (χ0) is 12.3. The van der Waals surface area contributed by atoms with Gasteiger partial charge >= 0.3 is 0 Å². The molecule has 1 saturated carbocycles. The Labute approximate surface area is 105 Å². The topological polar surface area (TPSA) is 26.3 Å². The van der Waals surface area contributed by atoms with Crippen molar-refractivity contribution >= 4 is 5.78 Å². The van der Waals surface area contributed by atoms with Gasteiger partial charge in [-0.2, -0.15) is 0 Å². The van der Waals surface area contributed by atoms with Crippen molar-refractivity contribution in [1.82, 2.24) is 0 Å². The van der Waals surface area contributed by atoms with Crippen LogP contribution in [0.25, 0.3) is 0 Å². The van der Waals surface area contributed by atoms with Crippen LogP contribution in [0.1, 0.15) is 65.2 Å². The first-order valence-electron chi connectivity index (χ1n) is 7.28. The van der Waals surface area contributed by atoms with E-state index in [4.69, 9.17) is 4.74 Å². The number of carbonyl (C=O) groups excluding carboxylic acids is 1. The van der Waals surface area contributed by atoms with Crippen LogP contribution in [-0.4, -0.2) is 18.0 Å². The maximum atomic E-state index is 11.7. The molecule has 0 N–H and O–H groups in total. The Morgan fingerprint density at radius 3 is 2.71 bits per heavy atom. The van der Waals surface area contributed by atoms with Crippen molar-refractivity contribution in [2.75, 3.05) is 6.61 Å². The van der Waals surface area contributed by atoms with Gasteiger partial charge in [-0.1, -0.05) is 26.7 Å². The molecule has 2 rings (SSSR count). The number of hydrogen-bond acceptors (Lipinski definition) is 2. The monoisotopic (exact) mass is 238 g/mol. The number of hydrogen-bond donors (Lipinski definition) is 0. The second-order valence-corrected chi connectivity index (χ2v) is 6.26. The lowest BCUT2D eigenvalue weighted by atomic mass is 9.81. The molecule has 1 aliphatic carbocycles. The molecule has 1 unspecified atom stereocenters. The van der Waals surface area contributed by atoms with E-state index in [1.807, 2.05) is 13.8 Å². The Kier molecular flexibility index (Phi) is 4.24. The number of ketones is 1. The molecule has 17 heavy (non-hydrogen) atoms. The van der Waals surface area contributed by atoms with E-state index in [9.17, 15) is 4.79 Å². The Balaban J connectivity index is 1.79. The summed E-state index contributed by atoms with van der Waals surface area (Å²) < 4.78 is 6.03. The van der Waals surface area contributed by atoms with Gasteiger partial charge in [-0.3, -0.25) is 4.79 Å². The summed E-state index contributed by atoms with van der Waals surface area (Å²) in [6, 6.07) is 0. The SMILES string of the molecule is CC(C)C(=O)CCC1CCOC2(CCCC2)C1. The third-order valence-corrected chi connectivity index (χ3v) is 4.55. The molecule has 98 valence electrons. The van der Waals surface area contributed by atoms with Crippen molar-refractivity contribution in [3.8, 4) is 0 Å². The molecule has 0 bridgehead atoms. The van der Waals surface area contributed by atoms with Gasteiger partial charge in [0.15, 0.2) is 0 Å². The summed E-state index contributed by atoms with van der Waals surface area (Å²) in [6.45, 7) is 4.93. The molecule has 1 heterocycles. The van der Waals surface area contributed by atoms with Crippen LogP contribution in [0.3, 0.4) is 0 Å². The van der Waals surface area contributed by atoms with E-state index in [-0.39, 0.29) is 11.5 Å². The summed E-state index contributed by atoms with van der Waals surface area (Å²) in [4.78, 5) is 11.7. The number of rotatable bonds is 4. The van der Waals surface area contributed by atoms with Gasteiger partial charge in [0.05, 0.1) is 5.60 Å². The number of Topliss-reactive ketones (excluding diaryl/α,β-unsaturated/α-hetero) is 1. The molecule has 1 aliphatic heterocycles. The van der Waals surface area contributed by atoms with Crippen LogP contribution in [0, 0.1) is 11.8 Å². The van der Waals surface area contributed by atoms with E-state index in [2.05, 4.69) is 0 Å². The van der Waals surface area contributed by atoms with Crippen LogP contribution in [0.15, 0.2) is 0 Å². The zero-order valence-corrected chi connectivity index (χ0v) is 11.3. The van der Waals surface area contributed by atoms with Crippen LogP contribution in [-0.2, 0) is 9.53 Å². The predicted octanol–water partition coefficient (Wildman–Crippen LogP) is 3.73. The van der Waals surface area contributed by atoms with E-state index >= 15 is 0 Å². The lowest BCUT2D eigenvalue weighted by Crippen LogP contribution is -2.37. The highest BCUT2D eigenvalue weighted by molar-refractivity contribution is 5.80. The standard InChI is InChI=1S/C15H26O2/c1-12(2)14(16)6-5-13-7-10-17-15(11-13)8-3-4-9-15/h12-13H,3-11H2,1-2H3. The van der Waals surface area contributed by atoms with Crippen LogP contribution in [0.5, 0.6) is 0 Å². The normalized spacial score (nSPS) is 27.8. The highest BCUT2D eigenvalue weighted by Gasteiger charge is 2.39. The van der Waals surface area contributed by atoms with E-state index in [1.54, 1.807) is 0 Å². The number of carbonyl (C=O) groups is 1. The molecule has 1 saturated heterocycles. The minimum absolute atomic E-state index is 0.204. The van der Waals surface area contributed by atoms with Crippen molar-refractivity contribution in [3.63, 3.8) is 0 Å². The molecule has 0 aromatic heterocycles. The summed E-state index contributed by atoms with van der Waals surface area (Å²) in [7, 11) is 0. The van der Waals surface area contributed by atoms with Gasteiger partial charge in [0.2, 0.25) is 0 Å². The van der Waals surface area contributed by atoms with Crippen LogP contribution >= 0.6 is 0 Å². The van der Waals surface area contributed by atoms with Gasteiger partial charge in [-0.15, -0.1) is 0 Å². The van der Waals surface area contributed by atoms with E-state index in [1.165, 1.54) is 32.1 Å². The summed E-state index contributed by atoms with van der Waals surface area (Å²) in [5.74, 6) is 1.36. The van der Waals surface area contributed by atoms with Crippen LogP contribution < -0.4 is 0 Å². The third kappa shape index (κ3) is 3.31. The Hall–Kier alpha value is -0.370. The number of ether oxygens (including phenoxy) is 1. The van der Waals surface area contributed by atoms with Crippen molar-refractivity contribution in [2.45, 2.75) is 70.8 Å². The zero-order valence-electron chi connectivity index (χ0n) is 11.3. The van der Waals surface area contributed by atoms with Gasteiger partial charge in [0, 0.05) is 18.9 Å². The Morgan fingerprint density at radius 1 is 1.35 bits per heavy atom. The molecule has 1 atom stereocenters. The lowest BCUT2D eigenvalue weighted by Gasteiger charge is -2.38. The molecule has 1 spiro atoms. The molecule has 2 fully saturated rings. The lowest BCUT2D eigenvalue weighted by molar-refractivity contribution is -0.123. The molecule has 0 amide bonds. The molecular weight excluding hydrogens is 212 g/mol. The molecule has 2 aliphatic rings. The molecule has 0 aromatic rings. The third-order valence-electron chi connectivity index (χ3n) is 4.55. The van der Waals surface area contributed by atoms with Crippen molar-refractivity contribution in [2.24, 2.45) is 11.8 Å².